The molecule has 1 unspecified atom stereocenters. The van der Waals surface area contributed by atoms with E-state index in [0.29, 0.717) is 5.92 Å². The summed E-state index contributed by atoms with van der Waals surface area (Å²) in [5.41, 5.74) is 2.70. The van der Waals surface area contributed by atoms with Crippen LogP contribution in [-0.4, -0.2) is 11.3 Å². The molecule has 3 rings (SSSR count). The van der Waals surface area contributed by atoms with Gasteiger partial charge in [0.2, 0.25) is 0 Å². The molecule has 0 bridgehead atoms. The summed E-state index contributed by atoms with van der Waals surface area (Å²) >= 11 is 0. The summed E-state index contributed by atoms with van der Waals surface area (Å²) in [6, 6.07) is 6.05. The van der Waals surface area contributed by atoms with Crippen LogP contribution in [0.15, 0.2) is 28.9 Å². The zero-order valence-corrected chi connectivity index (χ0v) is 10.7. The van der Waals surface area contributed by atoms with Crippen LogP contribution in [0.1, 0.15) is 42.5 Å². The number of oxazole rings is 1. The molecule has 0 amide bonds. The number of rotatable bonds is 4. The number of hydrogen-bond acceptors (Lipinski definition) is 4. The van der Waals surface area contributed by atoms with E-state index in [4.69, 9.17) is 9.15 Å². The molecule has 1 heterocycles. The van der Waals surface area contributed by atoms with Crippen molar-refractivity contribution in [3.8, 4) is 11.8 Å². The average Bonchev–Trinajstić information content (AvgIpc) is 3.05. The standard InChI is InChI=1S/C15H14NO3/c1-2-10-6-7-13-12(10)4-3-5-14(13)19-15-16-11(8-17)9-18-15/h3-5,9-10H,2,6-7H2,1H3. The predicted molar refractivity (Wildman–Crippen MR) is 69.2 cm³/mol. The first-order valence-corrected chi connectivity index (χ1v) is 6.45. The Morgan fingerprint density at radius 3 is 3.16 bits per heavy atom. The van der Waals surface area contributed by atoms with E-state index in [2.05, 4.69) is 18.0 Å². The fourth-order valence-corrected chi connectivity index (χ4v) is 2.67. The maximum atomic E-state index is 10.4. The van der Waals surface area contributed by atoms with Gasteiger partial charge in [0, 0.05) is 0 Å². The van der Waals surface area contributed by atoms with Crippen molar-refractivity contribution >= 4 is 6.29 Å². The van der Waals surface area contributed by atoms with Crippen molar-refractivity contribution in [3.63, 3.8) is 0 Å². The van der Waals surface area contributed by atoms with Crippen LogP contribution >= 0.6 is 0 Å². The van der Waals surface area contributed by atoms with E-state index in [0.717, 1.165) is 25.0 Å². The number of fused-ring (bicyclic) bond motifs is 1. The van der Waals surface area contributed by atoms with Gasteiger partial charge in [-0.3, -0.25) is 4.79 Å². The second-order valence-electron chi connectivity index (χ2n) is 4.67. The summed E-state index contributed by atoms with van der Waals surface area (Å²) in [6.07, 6.45) is 6.30. The van der Waals surface area contributed by atoms with Crippen molar-refractivity contribution in [1.29, 1.82) is 0 Å². The van der Waals surface area contributed by atoms with E-state index in [1.807, 2.05) is 12.1 Å². The highest BCUT2D eigenvalue weighted by atomic mass is 16.6. The van der Waals surface area contributed by atoms with Gasteiger partial charge in [0.1, 0.15) is 12.0 Å². The number of aromatic nitrogens is 1. The van der Waals surface area contributed by atoms with Crippen LogP contribution in [0.4, 0.5) is 0 Å². The molecule has 1 aromatic carbocycles. The number of hydrogen-bond donors (Lipinski definition) is 0. The molecule has 0 N–H and O–H groups in total. The minimum absolute atomic E-state index is 0.0895. The monoisotopic (exact) mass is 256 g/mol. The number of nitrogens with zero attached hydrogens (tertiary/aromatic N) is 1. The van der Waals surface area contributed by atoms with E-state index < -0.39 is 0 Å². The van der Waals surface area contributed by atoms with E-state index in [1.54, 1.807) is 6.29 Å². The second-order valence-corrected chi connectivity index (χ2v) is 4.67. The Hall–Kier alpha value is -2.10. The van der Waals surface area contributed by atoms with Crippen LogP contribution in [0.25, 0.3) is 0 Å². The van der Waals surface area contributed by atoms with Crippen molar-refractivity contribution in [2.75, 3.05) is 0 Å². The van der Waals surface area contributed by atoms with Crippen LogP contribution in [0.2, 0.25) is 0 Å². The summed E-state index contributed by atoms with van der Waals surface area (Å²) < 4.78 is 10.7. The largest absolute Gasteiger partial charge is 0.416 e. The lowest BCUT2D eigenvalue weighted by atomic mass is 9.99. The van der Waals surface area contributed by atoms with Crippen molar-refractivity contribution in [2.45, 2.75) is 32.1 Å². The van der Waals surface area contributed by atoms with Crippen LogP contribution in [0.3, 0.4) is 0 Å². The SMILES string of the molecule is CCC1CCc2c(Oc3nc([C]=O)co3)cccc21. The zero-order valence-electron chi connectivity index (χ0n) is 10.7. The third-order valence-electron chi connectivity index (χ3n) is 3.63. The molecule has 0 fully saturated rings. The molecule has 1 aromatic heterocycles. The number of carbonyl (C=O) groups excluding carboxylic acids is 1. The van der Waals surface area contributed by atoms with Gasteiger partial charge >= 0.3 is 6.08 Å². The van der Waals surface area contributed by atoms with Gasteiger partial charge < -0.3 is 9.15 Å². The molecule has 0 saturated heterocycles. The van der Waals surface area contributed by atoms with Gasteiger partial charge in [-0.2, -0.15) is 4.98 Å². The van der Waals surface area contributed by atoms with Gasteiger partial charge in [-0.1, -0.05) is 19.1 Å². The highest BCUT2D eigenvalue weighted by molar-refractivity contribution is 5.71. The first kappa shape index (κ1) is 12.0. The fourth-order valence-electron chi connectivity index (χ4n) is 2.67. The normalized spacial score (nSPS) is 17.2. The quantitative estimate of drug-likeness (QED) is 0.841. The fraction of sp³-hybridized carbons (Fsp3) is 0.333. The van der Waals surface area contributed by atoms with Crippen molar-refractivity contribution in [2.24, 2.45) is 0 Å². The molecule has 0 spiro atoms. The molecule has 1 atom stereocenters. The lowest BCUT2D eigenvalue weighted by molar-refractivity contribution is 0.328. The van der Waals surface area contributed by atoms with Crippen LogP contribution in [0, 0.1) is 0 Å². The zero-order chi connectivity index (χ0) is 13.2. The van der Waals surface area contributed by atoms with Crippen LogP contribution in [0.5, 0.6) is 11.8 Å². The predicted octanol–water partition coefficient (Wildman–Crippen LogP) is 3.36. The van der Waals surface area contributed by atoms with Gasteiger partial charge in [0.15, 0.2) is 5.69 Å². The summed E-state index contributed by atoms with van der Waals surface area (Å²) in [5.74, 6) is 1.38. The van der Waals surface area contributed by atoms with Crippen LogP contribution < -0.4 is 4.74 Å². The Morgan fingerprint density at radius 1 is 1.53 bits per heavy atom. The van der Waals surface area contributed by atoms with E-state index in [-0.39, 0.29) is 11.8 Å². The minimum Gasteiger partial charge on any atom is -0.416 e. The molecule has 0 saturated carbocycles. The molecule has 19 heavy (non-hydrogen) atoms. The van der Waals surface area contributed by atoms with E-state index in [1.165, 1.54) is 17.4 Å². The first-order chi connectivity index (χ1) is 9.31. The summed E-state index contributed by atoms with van der Waals surface area (Å²) in [5, 5.41) is 0. The highest BCUT2D eigenvalue weighted by Crippen LogP contribution is 2.40. The smallest absolute Gasteiger partial charge is 0.399 e. The van der Waals surface area contributed by atoms with Gasteiger partial charge in [0.05, 0.1) is 0 Å². The number of benzene rings is 1. The minimum atomic E-state index is 0.0895. The Labute approximate surface area is 111 Å². The topological polar surface area (TPSA) is 52.3 Å². The maximum absolute atomic E-state index is 10.4. The molecular formula is C15H14NO3. The van der Waals surface area contributed by atoms with Gasteiger partial charge in [-0.15, -0.1) is 0 Å². The molecule has 4 nitrogen and oxygen atoms in total. The first-order valence-electron chi connectivity index (χ1n) is 6.45. The lowest BCUT2D eigenvalue weighted by Gasteiger charge is -2.10. The van der Waals surface area contributed by atoms with E-state index >= 15 is 0 Å². The molecule has 2 aromatic rings. The molecule has 1 aliphatic carbocycles. The molecular weight excluding hydrogens is 242 g/mol. The third kappa shape index (κ3) is 2.14. The van der Waals surface area contributed by atoms with Gasteiger partial charge in [-0.25, -0.2) is 0 Å². The summed E-state index contributed by atoms with van der Waals surface area (Å²) in [6.45, 7) is 2.20. The van der Waals surface area contributed by atoms with Gasteiger partial charge in [0.25, 0.3) is 6.29 Å². The molecule has 0 aliphatic heterocycles. The second kappa shape index (κ2) is 4.88. The average molecular weight is 256 g/mol. The Kier molecular flexibility index (Phi) is 3.07. The maximum Gasteiger partial charge on any atom is 0.399 e. The van der Waals surface area contributed by atoms with Crippen molar-refractivity contribution < 1.29 is 13.9 Å². The Bertz CT molecular complexity index is 603. The Morgan fingerprint density at radius 2 is 2.42 bits per heavy atom. The lowest BCUT2D eigenvalue weighted by Crippen LogP contribution is -1.93. The highest BCUT2D eigenvalue weighted by Gasteiger charge is 2.24. The molecule has 1 radical (unpaired) electrons. The molecule has 4 heteroatoms. The summed E-state index contributed by atoms with van der Waals surface area (Å²) in [7, 11) is 0. The summed E-state index contributed by atoms with van der Waals surface area (Å²) in [4.78, 5) is 14.3. The molecule has 1 aliphatic rings. The van der Waals surface area contributed by atoms with Crippen LogP contribution in [-0.2, 0) is 11.2 Å². The molecule has 97 valence electrons. The van der Waals surface area contributed by atoms with Crippen molar-refractivity contribution in [3.05, 3.63) is 41.3 Å². The van der Waals surface area contributed by atoms with Gasteiger partial charge in [-0.05, 0) is 42.4 Å². The Balaban J connectivity index is 1.90. The van der Waals surface area contributed by atoms with Crippen molar-refractivity contribution in [1.82, 2.24) is 4.98 Å². The van der Waals surface area contributed by atoms with E-state index in [9.17, 15) is 4.79 Å². The third-order valence-corrected chi connectivity index (χ3v) is 3.63. The number of ether oxygens (including phenoxy) is 1.